The fraction of sp³-hybridized carbons (Fsp3) is 0.692. The average molecular weight is 442 g/mol. The second-order valence-electron chi connectivity index (χ2n) is 11.3. The van der Waals surface area contributed by atoms with E-state index >= 15 is 0 Å². The van der Waals surface area contributed by atoms with Crippen molar-refractivity contribution in [3.63, 3.8) is 0 Å². The Morgan fingerprint density at radius 1 is 1.09 bits per heavy atom. The third kappa shape index (κ3) is 4.52. The SMILES string of the molecule is CN(C)[C@]1(c2ccccc2)CC[C@]2(CC1)CN(CC(=O)OC(C)(C)C)C(=O)N2CC1CC1. The number of nitrogens with zero attached hydrogens (tertiary/aromatic N) is 3. The third-order valence-corrected chi connectivity index (χ3v) is 7.61. The molecule has 1 aromatic carbocycles. The molecular formula is C26H39N3O3. The highest BCUT2D eigenvalue weighted by atomic mass is 16.6. The molecule has 2 amide bonds. The molecule has 0 aromatic heterocycles. The predicted molar refractivity (Wildman–Crippen MR) is 125 cm³/mol. The lowest BCUT2D eigenvalue weighted by Gasteiger charge is -2.51. The van der Waals surface area contributed by atoms with Crippen molar-refractivity contribution in [2.45, 2.75) is 76.0 Å². The summed E-state index contributed by atoms with van der Waals surface area (Å²) in [4.78, 5) is 32.2. The quantitative estimate of drug-likeness (QED) is 0.620. The van der Waals surface area contributed by atoms with Gasteiger partial charge in [-0.25, -0.2) is 4.79 Å². The topological polar surface area (TPSA) is 53.1 Å². The van der Waals surface area contributed by atoms with Gasteiger partial charge in [0.1, 0.15) is 12.1 Å². The molecule has 1 spiro atoms. The van der Waals surface area contributed by atoms with E-state index in [-0.39, 0.29) is 29.6 Å². The van der Waals surface area contributed by atoms with Crippen LogP contribution in [-0.4, -0.2) is 71.6 Å². The molecule has 2 saturated carbocycles. The molecule has 32 heavy (non-hydrogen) atoms. The van der Waals surface area contributed by atoms with E-state index < -0.39 is 5.60 Å². The molecule has 4 rings (SSSR count). The van der Waals surface area contributed by atoms with Gasteiger partial charge in [-0.3, -0.25) is 9.69 Å². The third-order valence-electron chi connectivity index (χ3n) is 7.61. The van der Waals surface area contributed by atoms with Crippen LogP contribution in [0.25, 0.3) is 0 Å². The van der Waals surface area contributed by atoms with Gasteiger partial charge in [-0.05, 0) is 84.9 Å². The van der Waals surface area contributed by atoms with E-state index in [0.29, 0.717) is 12.5 Å². The van der Waals surface area contributed by atoms with E-state index in [2.05, 4.69) is 54.2 Å². The summed E-state index contributed by atoms with van der Waals surface area (Å²) < 4.78 is 5.52. The summed E-state index contributed by atoms with van der Waals surface area (Å²) in [5, 5.41) is 0. The molecule has 2 aliphatic carbocycles. The number of urea groups is 1. The Morgan fingerprint density at radius 2 is 1.72 bits per heavy atom. The summed E-state index contributed by atoms with van der Waals surface area (Å²) in [6.07, 6.45) is 6.30. The number of hydrogen-bond acceptors (Lipinski definition) is 4. The lowest BCUT2D eigenvalue weighted by Crippen LogP contribution is -2.55. The van der Waals surface area contributed by atoms with Crippen molar-refractivity contribution in [3.05, 3.63) is 35.9 Å². The van der Waals surface area contributed by atoms with Gasteiger partial charge in [-0.15, -0.1) is 0 Å². The molecule has 6 nitrogen and oxygen atoms in total. The van der Waals surface area contributed by atoms with Crippen LogP contribution >= 0.6 is 0 Å². The normalized spacial score (nSPS) is 28.6. The van der Waals surface area contributed by atoms with Gasteiger partial charge >= 0.3 is 12.0 Å². The van der Waals surface area contributed by atoms with Crippen LogP contribution < -0.4 is 0 Å². The maximum absolute atomic E-state index is 13.4. The van der Waals surface area contributed by atoms with E-state index in [9.17, 15) is 9.59 Å². The van der Waals surface area contributed by atoms with Crippen molar-refractivity contribution in [3.8, 4) is 0 Å². The van der Waals surface area contributed by atoms with Gasteiger partial charge in [0.2, 0.25) is 0 Å². The minimum atomic E-state index is -0.545. The van der Waals surface area contributed by atoms with Crippen LogP contribution in [0.5, 0.6) is 0 Å². The van der Waals surface area contributed by atoms with Crippen molar-refractivity contribution >= 4 is 12.0 Å². The number of amides is 2. The van der Waals surface area contributed by atoms with Crippen molar-refractivity contribution in [2.24, 2.45) is 5.92 Å². The molecule has 1 aliphatic heterocycles. The standard InChI is InChI=1S/C26H39N3O3/c1-24(2,3)32-22(30)18-28-19-25(29(23(28)31)17-20-11-12-20)13-15-26(16-14-25,27(4)5)21-9-7-6-8-10-21/h6-10,20H,11-19H2,1-5H3/t25-,26+. The second kappa shape index (κ2) is 8.36. The molecule has 0 N–H and O–H groups in total. The number of rotatable bonds is 6. The summed E-state index contributed by atoms with van der Waals surface area (Å²) in [6, 6.07) is 10.8. The molecule has 0 unspecified atom stereocenters. The molecule has 1 aromatic rings. The van der Waals surface area contributed by atoms with Crippen LogP contribution in [0, 0.1) is 5.92 Å². The number of benzene rings is 1. The van der Waals surface area contributed by atoms with Crippen LogP contribution in [0.2, 0.25) is 0 Å². The van der Waals surface area contributed by atoms with Gasteiger partial charge in [-0.1, -0.05) is 30.3 Å². The van der Waals surface area contributed by atoms with Gasteiger partial charge in [0.25, 0.3) is 0 Å². The molecule has 0 atom stereocenters. The molecule has 1 heterocycles. The summed E-state index contributed by atoms with van der Waals surface area (Å²) in [5.74, 6) is 0.295. The Bertz CT molecular complexity index is 834. The predicted octanol–water partition coefficient (Wildman–Crippen LogP) is 4.25. The monoisotopic (exact) mass is 441 g/mol. The maximum Gasteiger partial charge on any atom is 0.326 e. The molecule has 176 valence electrons. The lowest BCUT2D eigenvalue weighted by molar-refractivity contribution is -0.155. The minimum absolute atomic E-state index is 0.0137. The van der Waals surface area contributed by atoms with Crippen molar-refractivity contribution < 1.29 is 14.3 Å². The van der Waals surface area contributed by atoms with Gasteiger partial charge < -0.3 is 14.5 Å². The highest BCUT2D eigenvalue weighted by molar-refractivity contribution is 5.83. The smallest absolute Gasteiger partial charge is 0.326 e. The second-order valence-corrected chi connectivity index (χ2v) is 11.3. The van der Waals surface area contributed by atoms with Crippen molar-refractivity contribution in [2.75, 3.05) is 33.7 Å². The Morgan fingerprint density at radius 3 is 2.25 bits per heavy atom. The van der Waals surface area contributed by atoms with E-state index in [1.54, 1.807) is 4.90 Å². The largest absolute Gasteiger partial charge is 0.459 e. The number of esters is 1. The summed E-state index contributed by atoms with van der Waals surface area (Å²) in [5.41, 5.74) is 0.607. The first-order valence-corrected chi connectivity index (χ1v) is 12.1. The van der Waals surface area contributed by atoms with E-state index in [4.69, 9.17) is 4.74 Å². The van der Waals surface area contributed by atoms with E-state index in [1.807, 2.05) is 20.8 Å². The average Bonchev–Trinajstić information content (AvgIpc) is 3.51. The van der Waals surface area contributed by atoms with E-state index in [0.717, 1.165) is 32.2 Å². The Labute approximate surface area is 192 Å². The zero-order valence-electron chi connectivity index (χ0n) is 20.4. The molecule has 0 radical (unpaired) electrons. The molecular weight excluding hydrogens is 402 g/mol. The summed E-state index contributed by atoms with van der Waals surface area (Å²) in [7, 11) is 4.34. The van der Waals surface area contributed by atoms with Gasteiger partial charge in [0, 0.05) is 18.6 Å². The fourth-order valence-corrected chi connectivity index (χ4v) is 5.66. The van der Waals surface area contributed by atoms with Crippen LogP contribution in [0.1, 0.15) is 64.9 Å². The fourth-order valence-electron chi connectivity index (χ4n) is 5.66. The highest BCUT2D eigenvalue weighted by Gasteiger charge is 2.55. The summed E-state index contributed by atoms with van der Waals surface area (Å²) in [6.45, 7) is 7.08. The first-order chi connectivity index (χ1) is 15.0. The van der Waals surface area contributed by atoms with Crippen LogP contribution in [0.3, 0.4) is 0 Å². The zero-order chi connectivity index (χ0) is 23.1. The lowest BCUT2D eigenvalue weighted by atomic mass is 9.68. The molecule has 3 fully saturated rings. The first kappa shape index (κ1) is 23.1. The van der Waals surface area contributed by atoms with Gasteiger partial charge in [0.15, 0.2) is 0 Å². The van der Waals surface area contributed by atoms with Crippen LogP contribution in [-0.2, 0) is 15.1 Å². The molecule has 1 saturated heterocycles. The number of carbonyl (C=O) groups is 2. The maximum atomic E-state index is 13.4. The van der Waals surface area contributed by atoms with E-state index in [1.165, 1.54) is 18.4 Å². The van der Waals surface area contributed by atoms with Gasteiger partial charge in [-0.2, -0.15) is 0 Å². The molecule has 6 heteroatoms. The minimum Gasteiger partial charge on any atom is -0.459 e. The van der Waals surface area contributed by atoms with Crippen LogP contribution in [0.4, 0.5) is 4.79 Å². The highest BCUT2D eigenvalue weighted by Crippen LogP contribution is 2.49. The van der Waals surface area contributed by atoms with Crippen molar-refractivity contribution in [1.82, 2.24) is 14.7 Å². The Kier molecular flexibility index (Phi) is 6.03. The molecule has 3 aliphatic rings. The number of carbonyl (C=O) groups excluding carboxylic acids is 2. The first-order valence-electron chi connectivity index (χ1n) is 12.1. The zero-order valence-corrected chi connectivity index (χ0v) is 20.4. The Hall–Kier alpha value is -2.08. The number of ether oxygens (including phenoxy) is 1. The van der Waals surface area contributed by atoms with Crippen LogP contribution in [0.15, 0.2) is 30.3 Å². The molecule has 0 bridgehead atoms. The number of hydrogen-bond donors (Lipinski definition) is 0. The summed E-state index contributed by atoms with van der Waals surface area (Å²) >= 11 is 0. The Balaban J connectivity index is 1.54. The van der Waals surface area contributed by atoms with Gasteiger partial charge in [0.05, 0.1) is 5.54 Å². The van der Waals surface area contributed by atoms with Crippen molar-refractivity contribution in [1.29, 1.82) is 0 Å².